The summed E-state index contributed by atoms with van der Waals surface area (Å²) in [7, 11) is 0. The van der Waals surface area contributed by atoms with Crippen molar-refractivity contribution in [3.05, 3.63) is 45.9 Å². The minimum Gasteiger partial charge on any atom is -0.439 e. The maximum Gasteiger partial charge on any atom is 0.226 e. The molecular formula is C16H17ClN2O. The predicted octanol–water partition coefficient (Wildman–Crippen LogP) is 4.72. The Kier molecular flexibility index (Phi) is 3.38. The maximum atomic E-state index is 6.19. The second-order valence-electron chi connectivity index (χ2n) is 5.50. The zero-order valence-corrected chi connectivity index (χ0v) is 12.7. The molecule has 20 heavy (non-hydrogen) atoms. The first-order chi connectivity index (χ1) is 9.52. The quantitative estimate of drug-likeness (QED) is 0.766. The van der Waals surface area contributed by atoms with E-state index in [1.165, 1.54) is 11.1 Å². The highest BCUT2D eigenvalue weighted by atomic mass is 35.5. The van der Waals surface area contributed by atoms with Gasteiger partial charge < -0.3 is 4.74 Å². The van der Waals surface area contributed by atoms with Gasteiger partial charge in [0.25, 0.3) is 0 Å². The predicted molar refractivity (Wildman–Crippen MR) is 79.7 cm³/mol. The molecule has 3 nitrogen and oxygen atoms in total. The Morgan fingerprint density at radius 2 is 1.70 bits per heavy atom. The average molecular weight is 289 g/mol. The van der Waals surface area contributed by atoms with Crippen LogP contribution in [0.2, 0.25) is 5.15 Å². The number of ether oxygens (including phenoxy) is 1. The molecule has 1 aromatic heterocycles. The fraction of sp³-hybridized carbons (Fsp3) is 0.375. The van der Waals surface area contributed by atoms with Crippen molar-refractivity contribution in [3.8, 4) is 11.6 Å². The van der Waals surface area contributed by atoms with Crippen LogP contribution < -0.4 is 4.74 Å². The van der Waals surface area contributed by atoms with Crippen LogP contribution in [0.4, 0.5) is 0 Å². The van der Waals surface area contributed by atoms with Gasteiger partial charge in [0.1, 0.15) is 16.7 Å². The van der Waals surface area contributed by atoms with E-state index in [9.17, 15) is 0 Å². The van der Waals surface area contributed by atoms with Gasteiger partial charge in [-0.05, 0) is 56.9 Å². The molecule has 0 saturated heterocycles. The molecule has 2 aromatic rings. The van der Waals surface area contributed by atoms with Gasteiger partial charge in [0.2, 0.25) is 5.88 Å². The molecule has 0 aliphatic heterocycles. The van der Waals surface area contributed by atoms with Crippen LogP contribution in [0.1, 0.15) is 41.3 Å². The van der Waals surface area contributed by atoms with Crippen molar-refractivity contribution in [3.63, 3.8) is 0 Å². The van der Waals surface area contributed by atoms with Crippen LogP contribution in [-0.4, -0.2) is 9.97 Å². The Morgan fingerprint density at radius 3 is 2.30 bits per heavy atom. The van der Waals surface area contributed by atoms with E-state index in [2.05, 4.69) is 29.9 Å². The van der Waals surface area contributed by atoms with E-state index < -0.39 is 0 Å². The minimum atomic E-state index is 0.453. The second kappa shape index (κ2) is 5.06. The lowest BCUT2D eigenvalue weighted by molar-refractivity contribution is 0.453. The van der Waals surface area contributed by atoms with Crippen LogP contribution >= 0.6 is 11.6 Å². The van der Waals surface area contributed by atoms with E-state index in [1.807, 2.05) is 19.1 Å². The zero-order valence-electron chi connectivity index (χ0n) is 11.9. The van der Waals surface area contributed by atoms with Gasteiger partial charge in [-0.2, -0.15) is 4.98 Å². The smallest absolute Gasteiger partial charge is 0.226 e. The molecule has 1 aromatic carbocycles. The maximum absolute atomic E-state index is 6.19. The van der Waals surface area contributed by atoms with Crippen LogP contribution in [0.5, 0.6) is 11.6 Å². The lowest BCUT2D eigenvalue weighted by atomic mass is 10.1. The minimum absolute atomic E-state index is 0.453. The van der Waals surface area contributed by atoms with E-state index in [0.29, 0.717) is 17.0 Å². The summed E-state index contributed by atoms with van der Waals surface area (Å²) < 4.78 is 5.93. The SMILES string of the molecule is Cc1cc(C)cc(Oc2nc(C3CC3)nc(Cl)c2C)c1. The van der Waals surface area contributed by atoms with Crippen molar-refractivity contribution < 1.29 is 4.74 Å². The summed E-state index contributed by atoms with van der Waals surface area (Å²) >= 11 is 6.19. The molecule has 1 aliphatic rings. The summed E-state index contributed by atoms with van der Waals surface area (Å²) in [4.78, 5) is 8.88. The molecule has 1 saturated carbocycles. The van der Waals surface area contributed by atoms with Crippen LogP contribution in [0.25, 0.3) is 0 Å². The number of nitrogens with zero attached hydrogens (tertiary/aromatic N) is 2. The van der Waals surface area contributed by atoms with E-state index >= 15 is 0 Å². The first-order valence-electron chi connectivity index (χ1n) is 6.83. The topological polar surface area (TPSA) is 35.0 Å². The molecule has 0 unspecified atom stereocenters. The molecule has 0 N–H and O–H groups in total. The number of benzene rings is 1. The van der Waals surface area contributed by atoms with Gasteiger partial charge in [0.05, 0.1) is 0 Å². The molecule has 0 atom stereocenters. The van der Waals surface area contributed by atoms with Gasteiger partial charge in [0.15, 0.2) is 0 Å². The Labute approximate surface area is 124 Å². The lowest BCUT2D eigenvalue weighted by Gasteiger charge is -2.11. The highest BCUT2D eigenvalue weighted by Gasteiger charge is 2.28. The molecule has 1 heterocycles. The van der Waals surface area contributed by atoms with E-state index in [-0.39, 0.29) is 0 Å². The molecule has 1 aliphatic carbocycles. The largest absolute Gasteiger partial charge is 0.439 e. The van der Waals surface area contributed by atoms with Crippen LogP contribution in [-0.2, 0) is 0 Å². The highest BCUT2D eigenvalue weighted by molar-refractivity contribution is 6.30. The van der Waals surface area contributed by atoms with Gasteiger partial charge in [-0.25, -0.2) is 4.98 Å². The number of rotatable bonds is 3. The third-order valence-electron chi connectivity index (χ3n) is 3.41. The van der Waals surface area contributed by atoms with Crippen LogP contribution in [0.15, 0.2) is 18.2 Å². The fourth-order valence-corrected chi connectivity index (χ4v) is 2.38. The molecule has 0 bridgehead atoms. The van der Waals surface area contributed by atoms with Gasteiger partial charge in [-0.1, -0.05) is 17.7 Å². The summed E-state index contributed by atoms with van der Waals surface area (Å²) in [5.41, 5.74) is 3.12. The molecule has 0 spiro atoms. The molecule has 0 amide bonds. The Morgan fingerprint density at radius 1 is 1.05 bits per heavy atom. The van der Waals surface area contributed by atoms with E-state index in [0.717, 1.165) is 30.0 Å². The fourth-order valence-electron chi connectivity index (χ4n) is 2.21. The van der Waals surface area contributed by atoms with Gasteiger partial charge >= 0.3 is 0 Å². The van der Waals surface area contributed by atoms with E-state index in [1.54, 1.807) is 0 Å². The average Bonchev–Trinajstić information content (AvgIpc) is 3.17. The molecule has 104 valence electrons. The Balaban J connectivity index is 1.96. The molecule has 4 heteroatoms. The number of hydrogen-bond donors (Lipinski definition) is 0. The molecular weight excluding hydrogens is 272 g/mol. The first kappa shape index (κ1) is 13.4. The summed E-state index contributed by atoms with van der Waals surface area (Å²) in [5, 5.41) is 0.487. The van der Waals surface area contributed by atoms with Gasteiger partial charge in [-0.15, -0.1) is 0 Å². The van der Waals surface area contributed by atoms with Crippen molar-refractivity contribution in [2.75, 3.05) is 0 Å². The normalized spacial score (nSPS) is 14.4. The summed E-state index contributed by atoms with van der Waals surface area (Å²) in [6.45, 7) is 5.99. The van der Waals surface area contributed by atoms with Crippen LogP contribution in [0.3, 0.4) is 0 Å². The molecule has 0 radical (unpaired) electrons. The first-order valence-corrected chi connectivity index (χ1v) is 7.21. The Hall–Kier alpha value is -1.61. The Bertz CT molecular complexity index is 646. The van der Waals surface area contributed by atoms with E-state index in [4.69, 9.17) is 16.3 Å². The summed E-state index contributed by atoms with van der Waals surface area (Å²) in [6, 6.07) is 6.11. The van der Waals surface area contributed by atoms with Crippen molar-refractivity contribution in [2.45, 2.75) is 39.5 Å². The summed E-state index contributed by atoms with van der Waals surface area (Å²) in [6.07, 6.45) is 2.28. The number of aromatic nitrogens is 2. The van der Waals surface area contributed by atoms with Crippen LogP contribution in [0, 0.1) is 20.8 Å². The van der Waals surface area contributed by atoms with Crippen molar-refractivity contribution >= 4 is 11.6 Å². The van der Waals surface area contributed by atoms with Gasteiger partial charge in [0, 0.05) is 11.5 Å². The third-order valence-corrected chi connectivity index (χ3v) is 3.78. The third kappa shape index (κ3) is 2.78. The van der Waals surface area contributed by atoms with Crippen molar-refractivity contribution in [1.82, 2.24) is 9.97 Å². The monoisotopic (exact) mass is 288 g/mol. The van der Waals surface area contributed by atoms with Crippen molar-refractivity contribution in [2.24, 2.45) is 0 Å². The molecule has 3 rings (SSSR count). The summed E-state index contributed by atoms with van der Waals surface area (Å²) in [5.74, 6) is 2.62. The highest BCUT2D eigenvalue weighted by Crippen LogP contribution is 2.40. The zero-order chi connectivity index (χ0) is 14.3. The van der Waals surface area contributed by atoms with Crippen molar-refractivity contribution in [1.29, 1.82) is 0 Å². The standard InChI is InChI=1S/C16H17ClN2O/c1-9-6-10(2)8-13(7-9)20-16-11(3)14(17)18-15(19-16)12-4-5-12/h6-8,12H,4-5H2,1-3H3. The number of hydrogen-bond acceptors (Lipinski definition) is 3. The number of halogens is 1. The van der Waals surface area contributed by atoms with Gasteiger partial charge in [-0.3, -0.25) is 0 Å². The number of aryl methyl sites for hydroxylation is 2. The second-order valence-corrected chi connectivity index (χ2v) is 5.86. The lowest BCUT2D eigenvalue weighted by Crippen LogP contribution is -2.00. The molecule has 1 fully saturated rings.